The van der Waals surface area contributed by atoms with Crippen LogP contribution in [0.2, 0.25) is 0 Å². The minimum Gasteiger partial charge on any atom is -0.462 e. The number of rotatable bonds is 82. The maximum atomic E-state index is 13.1. The summed E-state index contributed by atoms with van der Waals surface area (Å²) in [6, 6.07) is 0. The van der Waals surface area contributed by atoms with E-state index in [4.69, 9.17) is 37.0 Å². The van der Waals surface area contributed by atoms with E-state index in [1.54, 1.807) is 0 Å². The van der Waals surface area contributed by atoms with Gasteiger partial charge in [-0.05, 0) is 69.1 Å². The summed E-state index contributed by atoms with van der Waals surface area (Å²) in [5.74, 6) is 0.226. The molecule has 0 amide bonds. The zero-order valence-electron chi connectivity index (χ0n) is 68.7. The number of ether oxygens (including phenoxy) is 4. The molecule has 19 heteroatoms. The highest BCUT2D eigenvalue weighted by Gasteiger charge is 2.30. The molecule has 5 atom stereocenters. The van der Waals surface area contributed by atoms with Crippen LogP contribution in [-0.2, 0) is 65.4 Å². The summed E-state index contributed by atoms with van der Waals surface area (Å²) < 4.78 is 68.9. The van der Waals surface area contributed by atoms with Crippen molar-refractivity contribution in [3.8, 4) is 0 Å². The van der Waals surface area contributed by atoms with E-state index in [9.17, 15) is 43.2 Å². The number of aliphatic hydroxyl groups excluding tert-OH is 1. The zero-order chi connectivity index (χ0) is 77.2. The number of esters is 4. The molecule has 2 unspecified atom stereocenters. The van der Waals surface area contributed by atoms with Gasteiger partial charge in [0, 0.05) is 25.7 Å². The molecule has 0 saturated carbocycles. The van der Waals surface area contributed by atoms with E-state index in [-0.39, 0.29) is 25.7 Å². The molecule has 0 aromatic heterocycles. The molecule has 0 aromatic rings. The molecule has 620 valence electrons. The maximum Gasteiger partial charge on any atom is 0.472 e. The number of aliphatic hydroxyl groups is 1. The van der Waals surface area contributed by atoms with Crippen LogP contribution in [0.5, 0.6) is 0 Å². The van der Waals surface area contributed by atoms with Crippen molar-refractivity contribution in [1.82, 2.24) is 0 Å². The number of allylic oxidation sites excluding steroid dienone is 4. The van der Waals surface area contributed by atoms with Crippen LogP contribution >= 0.6 is 15.6 Å². The number of phosphoric ester groups is 2. The topological polar surface area (TPSA) is 237 Å². The van der Waals surface area contributed by atoms with E-state index in [0.29, 0.717) is 25.7 Å². The lowest BCUT2D eigenvalue weighted by molar-refractivity contribution is -0.161. The molecule has 0 spiro atoms. The lowest BCUT2D eigenvalue weighted by atomic mass is 10.0. The first-order valence-corrected chi connectivity index (χ1v) is 46.7. The van der Waals surface area contributed by atoms with Crippen molar-refractivity contribution < 1.29 is 80.2 Å². The van der Waals surface area contributed by atoms with Gasteiger partial charge in [-0.3, -0.25) is 37.3 Å². The van der Waals surface area contributed by atoms with Gasteiger partial charge in [0.25, 0.3) is 0 Å². The van der Waals surface area contributed by atoms with Crippen LogP contribution in [0.25, 0.3) is 0 Å². The zero-order valence-corrected chi connectivity index (χ0v) is 70.5. The van der Waals surface area contributed by atoms with E-state index in [2.05, 4.69) is 72.8 Å². The Labute approximate surface area is 643 Å². The van der Waals surface area contributed by atoms with Crippen LogP contribution in [0.3, 0.4) is 0 Å². The first kappa shape index (κ1) is 103. The SMILES string of the molecule is CCCCCC/C=C\C=C/CCCCCCCC(=O)O[C@H](COC(=O)CCCCCCCCCCCC(C)C)COP(=O)(O)OC[C@H](O)COP(=O)(O)OC[C@@H](COC(=O)CCCCCCCCCCCCCCCCCCC(C)C)OC(=O)CCCCCCCCCCCCCCCCCCC(C)C. The highest BCUT2D eigenvalue weighted by molar-refractivity contribution is 7.47. The Morgan fingerprint density at radius 3 is 0.771 bits per heavy atom. The van der Waals surface area contributed by atoms with Crippen molar-refractivity contribution in [2.24, 2.45) is 17.8 Å². The second kappa shape index (κ2) is 75.6. The molecule has 0 fully saturated rings. The van der Waals surface area contributed by atoms with Gasteiger partial charge in [-0.1, -0.05) is 375 Å². The Hall–Kier alpha value is -2.46. The molecule has 0 heterocycles. The lowest BCUT2D eigenvalue weighted by Gasteiger charge is -2.21. The van der Waals surface area contributed by atoms with Crippen LogP contribution in [0.15, 0.2) is 24.3 Å². The average molecular weight is 1530 g/mol. The third-order valence-corrected chi connectivity index (χ3v) is 21.4. The molecule has 17 nitrogen and oxygen atoms in total. The molecule has 0 aromatic carbocycles. The predicted molar refractivity (Wildman–Crippen MR) is 432 cm³/mol. The van der Waals surface area contributed by atoms with E-state index in [1.807, 2.05) is 0 Å². The summed E-state index contributed by atoms with van der Waals surface area (Å²) in [5.41, 5.74) is 0. The number of carbonyl (C=O) groups is 4. The van der Waals surface area contributed by atoms with Gasteiger partial charge in [0.05, 0.1) is 26.4 Å². The van der Waals surface area contributed by atoms with Crippen LogP contribution in [0.4, 0.5) is 0 Å². The van der Waals surface area contributed by atoms with Gasteiger partial charge >= 0.3 is 39.5 Å². The standard InChI is InChI=1S/C86H164O17P2/c1-8-9-10-11-12-13-14-15-20-28-33-40-48-55-62-69-85(90)103-82(74-97-84(89)68-61-54-47-42-35-38-45-52-59-66-79(6)7)76-101-105(94,95)99-72-80(87)71-98-104(92,93)100-75-81(102-86(91)70-63-56-49-41-34-29-24-19-17-22-26-31-37-44-51-58-65-78(4)5)73-96-83(88)67-60-53-46-39-32-27-23-18-16-21-25-30-36-43-50-57-64-77(2)3/h13-15,20,77-82,87H,8-12,16-19,21-76H2,1-7H3,(H,92,93)(H,94,95)/b14-13-,20-15-/t80-,81-,82-/m1/s1. The predicted octanol–water partition coefficient (Wildman–Crippen LogP) is 25.6. The largest absolute Gasteiger partial charge is 0.472 e. The van der Waals surface area contributed by atoms with Gasteiger partial charge in [-0.15, -0.1) is 0 Å². The average Bonchev–Trinajstić information content (AvgIpc) is 0.906. The summed E-state index contributed by atoms with van der Waals surface area (Å²) in [5, 5.41) is 10.7. The number of phosphoric acid groups is 2. The van der Waals surface area contributed by atoms with Gasteiger partial charge in [0.1, 0.15) is 19.3 Å². The Morgan fingerprint density at radius 2 is 0.514 bits per heavy atom. The maximum absolute atomic E-state index is 13.1. The van der Waals surface area contributed by atoms with Crippen molar-refractivity contribution in [1.29, 1.82) is 0 Å². The van der Waals surface area contributed by atoms with E-state index < -0.39 is 97.5 Å². The fourth-order valence-electron chi connectivity index (χ4n) is 12.8. The van der Waals surface area contributed by atoms with Crippen LogP contribution in [0, 0.1) is 17.8 Å². The Kier molecular flexibility index (Phi) is 73.8. The highest BCUT2D eigenvalue weighted by Crippen LogP contribution is 2.45. The van der Waals surface area contributed by atoms with Crippen molar-refractivity contribution in [3.63, 3.8) is 0 Å². The second-order valence-corrected chi connectivity index (χ2v) is 34.6. The van der Waals surface area contributed by atoms with Crippen LogP contribution in [-0.4, -0.2) is 96.7 Å². The minimum atomic E-state index is -4.97. The normalized spacial score (nSPS) is 14.0. The van der Waals surface area contributed by atoms with Crippen molar-refractivity contribution >= 4 is 39.5 Å². The number of hydrogen-bond donors (Lipinski definition) is 3. The number of unbranched alkanes of at least 4 members (excludes halogenated alkanes) is 47. The molecule has 0 bridgehead atoms. The van der Waals surface area contributed by atoms with Gasteiger partial charge in [0.2, 0.25) is 0 Å². The quantitative estimate of drug-likeness (QED) is 0.0169. The van der Waals surface area contributed by atoms with Crippen molar-refractivity contribution in [3.05, 3.63) is 24.3 Å². The lowest BCUT2D eigenvalue weighted by Crippen LogP contribution is -2.30. The molecule has 105 heavy (non-hydrogen) atoms. The summed E-state index contributed by atoms with van der Waals surface area (Å²) in [6.07, 6.45) is 68.8. The van der Waals surface area contributed by atoms with E-state index in [1.165, 1.54) is 225 Å². The van der Waals surface area contributed by atoms with Gasteiger partial charge < -0.3 is 33.8 Å². The molecule has 3 N–H and O–H groups in total. The summed E-state index contributed by atoms with van der Waals surface area (Å²) in [7, 11) is -9.94. The Morgan fingerprint density at radius 1 is 0.295 bits per heavy atom. The monoisotopic (exact) mass is 1530 g/mol. The van der Waals surface area contributed by atoms with Gasteiger partial charge in [-0.2, -0.15) is 0 Å². The van der Waals surface area contributed by atoms with Crippen LogP contribution < -0.4 is 0 Å². The summed E-state index contributed by atoms with van der Waals surface area (Å²) in [6.45, 7) is 11.9. The third kappa shape index (κ3) is 79.4. The number of hydrogen-bond acceptors (Lipinski definition) is 15. The molecule has 0 radical (unpaired) electrons. The van der Waals surface area contributed by atoms with E-state index >= 15 is 0 Å². The molecule has 0 aliphatic carbocycles. The summed E-state index contributed by atoms with van der Waals surface area (Å²) in [4.78, 5) is 73.2. The fourth-order valence-corrected chi connectivity index (χ4v) is 14.4. The molecular weight excluding hydrogens is 1370 g/mol. The van der Waals surface area contributed by atoms with Gasteiger partial charge in [-0.25, -0.2) is 9.13 Å². The van der Waals surface area contributed by atoms with Crippen molar-refractivity contribution in [2.45, 2.75) is 446 Å². The second-order valence-electron chi connectivity index (χ2n) is 31.7. The first-order valence-electron chi connectivity index (χ1n) is 43.7. The molecule has 0 aliphatic heterocycles. The molecular formula is C86H164O17P2. The smallest absolute Gasteiger partial charge is 0.462 e. The minimum absolute atomic E-state index is 0.0847. The Bertz CT molecular complexity index is 2120. The van der Waals surface area contributed by atoms with Gasteiger partial charge in [0.15, 0.2) is 12.2 Å². The van der Waals surface area contributed by atoms with E-state index in [0.717, 1.165) is 120 Å². The highest BCUT2D eigenvalue weighted by atomic mass is 31.2. The fraction of sp³-hybridized carbons (Fsp3) is 0.907. The number of carbonyl (C=O) groups excluding carboxylic acids is 4. The first-order chi connectivity index (χ1) is 50.7. The third-order valence-electron chi connectivity index (χ3n) is 19.5. The van der Waals surface area contributed by atoms with Crippen molar-refractivity contribution in [2.75, 3.05) is 39.6 Å². The Balaban J connectivity index is 5.29. The van der Waals surface area contributed by atoms with Crippen LogP contribution in [0.1, 0.15) is 427 Å². The molecule has 0 saturated heterocycles. The summed E-state index contributed by atoms with van der Waals surface area (Å²) >= 11 is 0. The molecule has 0 rings (SSSR count). The molecule has 0 aliphatic rings.